The van der Waals surface area contributed by atoms with E-state index >= 15 is 57.5 Å². The maximum absolute atomic E-state index is 17.4. The molecule has 56 nitrogen and oxygen atoms in total. The third kappa shape index (κ3) is 12.7. The Morgan fingerprint density at radius 2 is 0.762 bits per heavy atom. The average molecular weight is 1840 g/mol. The van der Waals surface area contributed by atoms with Gasteiger partial charge in [0.2, 0.25) is 19.2 Å². The van der Waals surface area contributed by atoms with Crippen LogP contribution in [0.1, 0.15) is 104 Å². The van der Waals surface area contributed by atoms with Gasteiger partial charge in [-0.3, -0.25) is 153 Å². The van der Waals surface area contributed by atoms with Gasteiger partial charge in [0.1, 0.15) is 108 Å². The fraction of sp³-hybridized carbons (Fsp3) is 0.776. The number of nitrogens with zero attached hydrogens (tertiary/aromatic N) is 25. The zero-order chi connectivity index (χ0) is 89.6. The molecule has 59 heteroatoms. The molecule has 18 fully saturated rings. The van der Waals surface area contributed by atoms with Crippen molar-refractivity contribution in [3.05, 3.63) is 0 Å². The van der Waals surface area contributed by atoms with Crippen molar-refractivity contribution in [3.8, 4) is 0 Å². The smallest absolute Gasteiger partial charge is 0.321 e. The first-order valence-electron chi connectivity index (χ1n) is 41.8. The monoisotopic (exact) mass is 1830 g/mol. The molecule has 18 rings (SSSR count). The first-order valence-corrected chi connectivity index (χ1v) is 46.6. The largest absolute Gasteiger partial charge is 0.326 e. The van der Waals surface area contributed by atoms with E-state index in [2.05, 4.69) is 37.2 Å². The molecule has 0 aromatic heterocycles. The molecule has 10 N–H and O–H groups in total. The van der Waals surface area contributed by atoms with Crippen LogP contribution in [0, 0.1) is 0 Å². The van der Waals surface area contributed by atoms with Crippen LogP contribution in [0.4, 0.5) is 57.5 Å². The maximum atomic E-state index is 17.4. The minimum absolute atomic E-state index is 0.109. The average Bonchev–Trinajstić information content (AvgIpc) is 1.48. The highest BCUT2D eigenvalue weighted by atomic mass is 32.2. The highest BCUT2D eigenvalue weighted by molar-refractivity contribution is 7.86. The van der Waals surface area contributed by atoms with Crippen molar-refractivity contribution in [1.82, 2.24) is 160 Å². The van der Waals surface area contributed by atoms with Gasteiger partial charge in [0.05, 0.1) is 88.7 Å². The Morgan fingerprint density at radius 1 is 0.349 bits per heavy atom. The van der Waals surface area contributed by atoms with Crippen LogP contribution in [0.2, 0.25) is 0 Å². The molecule has 27 amide bonds. The Labute approximate surface area is 721 Å². The topological polar surface area (TPSA) is 584 Å². The van der Waals surface area contributed by atoms with Crippen LogP contribution in [0.25, 0.3) is 0 Å². The maximum Gasteiger partial charge on any atom is 0.326 e. The van der Waals surface area contributed by atoms with Gasteiger partial charge < -0.3 is 35.1 Å². The van der Waals surface area contributed by atoms with Gasteiger partial charge in [-0.1, -0.05) is 19.8 Å². The number of fused-ring (bicyclic) bond motifs is 12. The van der Waals surface area contributed by atoms with E-state index in [1.807, 2.05) is 6.92 Å². The molecule has 0 spiro atoms. The first-order chi connectivity index (χ1) is 59.8. The molecule has 692 valence electrons. The van der Waals surface area contributed by atoms with E-state index in [1.165, 1.54) is 114 Å². The number of rotatable bonds is 22. The van der Waals surface area contributed by atoms with Gasteiger partial charge in [-0.15, -0.1) is 0 Å². The summed E-state index contributed by atoms with van der Waals surface area (Å²) >= 11 is 0. The van der Waals surface area contributed by atoms with Gasteiger partial charge in [-0.25, -0.2) is 57.5 Å². The number of nitrogens with one attached hydrogen (secondary N) is 7. The molecule has 0 aromatic carbocycles. The van der Waals surface area contributed by atoms with Crippen molar-refractivity contribution >= 4 is 122 Å². The lowest BCUT2D eigenvalue weighted by Crippen LogP contribution is -2.76. The van der Waals surface area contributed by atoms with E-state index in [0.29, 0.717) is 32.1 Å². The van der Waals surface area contributed by atoms with E-state index in [0.717, 1.165) is 29.4 Å². The van der Waals surface area contributed by atoms with Crippen LogP contribution in [-0.2, 0) is 44.7 Å². The second-order valence-electron chi connectivity index (χ2n) is 35.1. The highest BCUT2D eigenvalue weighted by Crippen LogP contribution is 2.60. The standard InChI is InChI=1S/C67H102N32O24S3/c1-5-6-7-16-66-67(17-10-13-20-126(121,122)123)97-36-92-51-50-82-25-71-47-49-78(39-101)30-84-42-21-76(55(84)106)23-69-43-41(2)77(38-100)29-86-46(68-22-75(4)54(105)80(43)26-73-52(103)83(42)32-89(49)59(110)87(47)33-90(50)60(92)111)48-79(40-102)31-85-44(70-24-81(48)56(86)107)45-72-27-93-61(112)96(37-99(66)63(114)98(67)35-91(51)57(82)108)64(3,14-8-11-18-124(115,116)117)65(93,15-9-12-19-125(118,119)120)95(34-88(45)58(85)109)53(104)74-28-94(66)62(97)113/h38-51,68-72H,5-37H2,1-4H3,(H,73,103)(H,74,104)(H,115,116,117)(H,118,119,120)(H,121,122,123). The molecule has 0 aliphatic carbocycles. The van der Waals surface area contributed by atoms with Crippen molar-refractivity contribution in [1.29, 1.82) is 0 Å². The van der Waals surface area contributed by atoms with E-state index in [9.17, 15) is 53.3 Å². The molecular weight excluding hydrogens is 1730 g/mol. The summed E-state index contributed by atoms with van der Waals surface area (Å²) in [6.07, 6.45) is -15.6. The zero-order valence-corrected chi connectivity index (χ0v) is 71.7. The fourth-order valence-corrected chi connectivity index (χ4v) is 24.7. The molecule has 0 aromatic rings. The van der Waals surface area contributed by atoms with E-state index in [4.69, 9.17) is 0 Å². The molecule has 18 aliphatic heterocycles. The summed E-state index contributed by atoms with van der Waals surface area (Å²) in [6.45, 7) is -6.61. The van der Waals surface area contributed by atoms with Gasteiger partial charge in [0.25, 0.3) is 30.4 Å². The Morgan fingerprint density at radius 3 is 1.38 bits per heavy atom. The minimum atomic E-state index is -4.76. The molecular formula is C67H102N32O24S3. The summed E-state index contributed by atoms with van der Waals surface area (Å²) in [7, 11) is -12.9. The minimum Gasteiger partial charge on any atom is -0.321 e. The van der Waals surface area contributed by atoms with Crippen LogP contribution in [0.15, 0.2) is 0 Å². The Kier molecular flexibility index (Phi) is 21.0. The second-order valence-corrected chi connectivity index (χ2v) is 39.8. The number of carbonyl (C=O) groups is 15. The molecule has 18 heterocycles. The molecule has 15 unspecified atom stereocenters. The highest BCUT2D eigenvalue weighted by Gasteiger charge is 2.82. The molecule has 0 saturated carbocycles. The summed E-state index contributed by atoms with van der Waals surface area (Å²) in [5.41, 5.74) is -8.94. The molecule has 15 atom stereocenters. The predicted molar refractivity (Wildman–Crippen MR) is 418 cm³/mol. The van der Waals surface area contributed by atoms with Crippen LogP contribution in [0.5, 0.6) is 0 Å². The van der Waals surface area contributed by atoms with Gasteiger partial charge in [0, 0.05) is 7.05 Å². The molecule has 17 bridgehead atoms. The summed E-state index contributed by atoms with van der Waals surface area (Å²) < 4.78 is 108. The van der Waals surface area contributed by atoms with Crippen LogP contribution < -0.4 is 37.2 Å². The summed E-state index contributed by atoms with van der Waals surface area (Å²) in [6, 6.07) is -12.5. The predicted octanol–water partition coefficient (Wildman–Crippen LogP) is -5.98. The quantitative estimate of drug-likeness (QED) is 0.0274. The zero-order valence-electron chi connectivity index (χ0n) is 69.2. The van der Waals surface area contributed by atoms with Crippen LogP contribution in [0.3, 0.4) is 0 Å². The molecule has 18 saturated heterocycles. The molecule has 0 radical (unpaired) electrons. The van der Waals surface area contributed by atoms with E-state index in [-0.39, 0.29) is 64.3 Å². The number of hydrogen-bond acceptors (Lipinski definition) is 26. The Balaban J connectivity index is 0.835. The van der Waals surface area contributed by atoms with Gasteiger partial charge in [-0.05, 0) is 84.5 Å². The van der Waals surface area contributed by atoms with Crippen molar-refractivity contribution in [2.45, 2.75) is 194 Å². The van der Waals surface area contributed by atoms with Crippen molar-refractivity contribution in [3.63, 3.8) is 0 Å². The molecule has 126 heavy (non-hydrogen) atoms. The molecule has 18 aliphatic rings. The van der Waals surface area contributed by atoms with Gasteiger partial charge in [-0.2, -0.15) is 25.3 Å². The van der Waals surface area contributed by atoms with Crippen molar-refractivity contribution < 1.29 is 111 Å². The van der Waals surface area contributed by atoms with Crippen molar-refractivity contribution in [2.24, 2.45) is 0 Å². The van der Waals surface area contributed by atoms with Gasteiger partial charge in [0.15, 0.2) is 23.7 Å². The lowest BCUT2D eigenvalue weighted by atomic mass is 9.76. The van der Waals surface area contributed by atoms with Crippen molar-refractivity contribution in [2.75, 3.05) is 138 Å². The van der Waals surface area contributed by atoms with Gasteiger partial charge >= 0.3 is 72.4 Å². The SMILES string of the molecule is CCCCCC12N3CNC(=O)N4CN5C(=O)N6CN(C=O)C7C8NCN(C)C(=O)N9CNC(=O)N%10CN%11C(=O)N%12CN%13C(=O)N%14CN(C3=O)C1(CCCCS(=O)(=O)O)N1CN3C(=O)N(CNC%12C%11N(C=O)CN%11C(=O)N(CNC9C(C)N(C=O)CN8C(=O)N7CNC6C5NCN5C(=O)N(CN2C1=O)C(C)(CCCCS(=O)(=O)O)C45CCCCS(=O)(=O)O)CC%10%11)C%13C%143. The van der Waals surface area contributed by atoms with E-state index < -0.39 is 330 Å². The summed E-state index contributed by atoms with van der Waals surface area (Å²) in [5, 5.41) is 22.1. The number of urea groups is 12. The number of hydrogen-bond donors (Lipinski definition) is 10. The Hall–Kier alpha value is -10.8. The number of amides is 27. The first kappa shape index (κ1) is 85.9. The third-order valence-electron chi connectivity index (χ3n) is 28.8. The normalized spacial score (nSPS) is 33.9. The lowest BCUT2D eigenvalue weighted by Gasteiger charge is -2.56. The van der Waals surface area contributed by atoms with E-state index in [1.54, 1.807) is 0 Å². The van der Waals surface area contributed by atoms with Crippen LogP contribution in [-0.4, -0.2) is 481 Å². The second kappa shape index (κ2) is 30.7. The summed E-state index contributed by atoms with van der Waals surface area (Å²) in [4.78, 5) is 268. The Bertz CT molecular complexity index is 4960. The number of carbonyl (C=O) groups excluding carboxylic acids is 15. The number of unbranched alkanes of at least 4 members (excludes halogenated alkanes) is 5. The third-order valence-corrected chi connectivity index (χ3v) is 31.3. The van der Waals surface area contributed by atoms with Crippen LogP contribution >= 0.6 is 0 Å². The summed E-state index contributed by atoms with van der Waals surface area (Å²) in [5.74, 6) is -2.59. The lowest BCUT2D eigenvalue weighted by molar-refractivity contribution is -0.131. The fourth-order valence-electron chi connectivity index (χ4n) is 23.0.